The topological polar surface area (TPSA) is 68.0 Å². The Morgan fingerprint density at radius 2 is 2.38 bits per heavy atom. The van der Waals surface area contributed by atoms with Crippen LogP contribution in [0.2, 0.25) is 0 Å². The number of ketones is 1. The third-order valence-electron chi connectivity index (χ3n) is 3.06. The lowest BCUT2D eigenvalue weighted by molar-refractivity contribution is 0.0927. The molecule has 4 nitrogen and oxygen atoms in total. The lowest BCUT2D eigenvalue weighted by atomic mass is 9.94. The summed E-state index contributed by atoms with van der Waals surface area (Å²) in [6, 6.07) is 1.74. The molecule has 0 saturated carbocycles. The van der Waals surface area contributed by atoms with E-state index >= 15 is 0 Å². The molecular formula is C12H17N3O. The lowest BCUT2D eigenvalue weighted by Gasteiger charge is -2.23. The average Bonchev–Trinajstić information content (AvgIpc) is 2.30. The van der Waals surface area contributed by atoms with E-state index in [0.717, 1.165) is 31.4 Å². The summed E-state index contributed by atoms with van der Waals surface area (Å²) >= 11 is 0. The van der Waals surface area contributed by atoms with Gasteiger partial charge in [-0.15, -0.1) is 0 Å². The quantitative estimate of drug-likeness (QED) is 0.736. The van der Waals surface area contributed by atoms with Gasteiger partial charge >= 0.3 is 0 Å². The molecule has 1 atom stereocenters. The highest BCUT2D eigenvalue weighted by Gasteiger charge is 2.24. The minimum atomic E-state index is -0.0843. The van der Waals surface area contributed by atoms with Gasteiger partial charge in [-0.1, -0.05) is 6.42 Å². The van der Waals surface area contributed by atoms with E-state index in [9.17, 15) is 4.79 Å². The molecule has 86 valence electrons. The Morgan fingerprint density at radius 1 is 1.56 bits per heavy atom. The fourth-order valence-electron chi connectivity index (χ4n) is 2.15. The first-order valence-electron chi connectivity index (χ1n) is 5.69. The SMILES string of the molecule is Cc1ccnc(N)c1C(=O)C1CCCCN1. The first kappa shape index (κ1) is 11.1. The van der Waals surface area contributed by atoms with Gasteiger partial charge in [-0.3, -0.25) is 4.79 Å². The average molecular weight is 219 g/mol. The standard InChI is InChI=1S/C12H17N3O/c1-8-5-7-15-12(13)10(8)11(16)9-4-2-3-6-14-9/h5,7,9,14H,2-4,6H2,1H3,(H2,13,15). The monoisotopic (exact) mass is 219 g/mol. The van der Waals surface area contributed by atoms with Crippen molar-refractivity contribution in [2.24, 2.45) is 0 Å². The number of nitrogen functional groups attached to an aromatic ring is 1. The minimum Gasteiger partial charge on any atom is -0.383 e. The molecule has 16 heavy (non-hydrogen) atoms. The smallest absolute Gasteiger partial charge is 0.183 e. The van der Waals surface area contributed by atoms with Gasteiger partial charge in [0.05, 0.1) is 11.6 Å². The first-order valence-corrected chi connectivity index (χ1v) is 5.69. The molecule has 4 heteroatoms. The number of nitrogens with one attached hydrogen (secondary N) is 1. The number of carbonyl (C=O) groups is 1. The molecule has 1 aliphatic heterocycles. The lowest BCUT2D eigenvalue weighted by Crippen LogP contribution is -2.41. The zero-order chi connectivity index (χ0) is 11.5. The second-order valence-corrected chi connectivity index (χ2v) is 4.25. The molecule has 1 saturated heterocycles. The fraction of sp³-hybridized carbons (Fsp3) is 0.500. The molecule has 0 aromatic carbocycles. The van der Waals surface area contributed by atoms with Crippen LogP contribution in [-0.2, 0) is 0 Å². The Morgan fingerprint density at radius 3 is 3.00 bits per heavy atom. The number of pyridine rings is 1. The van der Waals surface area contributed by atoms with Gasteiger partial charge in [-0.2, -0.15) is 0 Å². The number of piperidine rings is 1. The highest BCUT2D eigenvalue weighted by atomic mass is 16.1. The molecule has 3 N–H and O–H groups in total. The summed E-state index contributed by atoms with van der Waals surface area (Å²) in [7, 11) is 0. The number of carbonyl (C=O) groups excluding carboxylic acids is 1. The van der Waals surface area contributed by atoms with E-state index in [0.29, 0.717) is 11.4 Å². The number of nitrogens with zero attached hydrogens (tertiary/aromatic N) is 1. The van der Waals surface area contributed by atoms with Crippen LogP contribution in [0.1, 0.15) is 35.2 Å². The van der Waals surface area contributed by atoms with Gasteiger partial charge in [0.1, 0.15) is 5.82 Å². The molecular weight excluding hydrogens is 202 g/mol. The van der Waals surface area contributed by atoms with Crippen LogP contribution in [0.15, 0.2) is 12.3 Å². The van der Waals surface area contributed by atoms with Crippen LogP contribution in [0.5, 0.6) is 0 Å². The van der Waals surface area contributed by atoms with Crippen LogP contribution in [-0.4, -0.2) is 23.4 Å². The maximum absolute atomic E-state index is 12.3. The van der Waals surface area contributed by atoms with Gasteiger partial charge < -0.3 is 11.1 Å². The van der Waals surface area contributed by atoms with Gasteiger partial charge in [0.2, 0.25) is 0 Å². The van der Waals surface area contributed by atoms with Crippen molar-refractivity contribution in [1.29, 1.82) is 0 Å². The number of aromatic nitrogens is 1. The molecule has 1 unspecified atom stereocenters. The number of hydrogen-bond donors (Lipinski definition) is 2. The van der Waals surface area contributed by atoms with Gasteiger partial charge in [0.25, 0.3) is 0 Å². The summed E-state index contributed by atoms with van der Waals surface area (Å²) in [6.07, 6.45) is 4.77. The number of Topliss-reactive ketones (excluding diaryl/α,β-unsaturated/α-hetero) is 1. The third kappa shape index (κ3) is 2.07. The van der Waals surface area contributed by atoms with E-state index in [4.69, 9.17) is 5.73 Å². The van der Waals surface area contributed by atoms with E-state index in [2.05, 4.69) is 10.3 Å². The molecule has 1 aliphatic rings. The van der Waals surface area contributed by atoms with Gasteiger partial charge in [-0.05, 0) is 37.9 Å². The van der Waals surface area contributed by atoms with Crippen molar-refractivity contribution in [2.75, 3.05) is 12.3 Å². The summed E-state index contributed by atoms with van der Waals surface area (Å²) in [5.41, 5.74) is 7.26. The molecule has 2 rings (SSSR count). The van der Waals surface area contributed by atoms with Crippen LogP contribution in [0.4, 0.5) is 5.82 Å². The molecule has 0 spiro atoms. The number of hydrogen-bond acceptors (Lipinski definition) is 4. The van der Waals surface area contributed by atoms with Crippen LogP contribution < -0.4 is 11.1 Å². The predicted molar refractivity (Wildman–Crippen MR) is 63.4 cm³/mol. The van der Waals surface area contributed by atoms with Crippen LogP contribution >= 0.6 is 0 Å². The molecule has 0 radical (unpaired) electrons. The Kier molecular flexibility index (Phi) is 3.19. The summed E-state index contributed by atoms with van der Waals surface area (Å²) in [5, 5.41) is 3.24. The Hall–Kier alpha value is -1.42. The van der Waals surface area contributed by atoms with Gasteiger partial charge in [0.15, 0.2) is 5.78 Å². The molecule has 0 amide bonds. The van der Waals surface area contributed by atoms with Crippen molar-refractivity contribution in [1.82, 2.24) is 10.3 Å². The van der Waals surface area contributed by atoms with Crippen LogP contribution in [0.3, 0.4) is 0 Å². The first-order chi connectivity index (χ1) is 7.70. The second kappa shape index (κ2) is 4.61. The second-order valence-electron chi connectivity index (χ2n) is 4.25. The zero-order valence-electron chi connectivity index (χ0n) is 9.49. The van der Waals surface area contributed by atoms with Crippen molar-refractivity contribution < 1.29 is 4.79 Å². The summed E-state index contributed by atoms with van der Waals surface area (Å²) < 4.78 is 0. The predicted octanol–water partition coefficient (Wildman–Crippen LogP) is 1.30. The summed E-state index contributed by atoms with van der Waals surface area (Å²) in [5.74, 6) is 0.431. The molecule has 1 aromatic rings. The van der Waals surface area contributed by atoms with Gasteiger partial charge in [-0.25, -0.2) is 4.98 Å². The molecule has 1 aromatic heterocycles. The van der Waals surface area contributed by atoms with Crippen molar-refractivity contribution in [2.45, 2.75) is 32.2 Å². The third-order valence-corrected chi connectivity index (χ3v) is 3.06. The highest BCUT2D eigenvalue weighted by Crippen LogP contribution is 2.19. The van der Waals surface area contributed by atoms with Crippen molar-refractivity contribution in [3.63, 3.8) is 0 Å². The molecule has 1 fully saturated rings. The number of nitrogens with two attached hydrogens (primary N) is 1. The van der Waals surface area contributed by atoms with E-state index in [1.54, 1.807) is 6.20 Å². The Balaban J connectivity index is 2.26. The van der Waals surface area contributed by atoms with Crippen molar-refractivity contribution >= 4 is 11.6 Å². The number of aryl methyl sites for hydroxylation is 1. The zero-order valence-corrected chi connectivity index (χ0v) is 9.49. The van der Waals surface area contributed by atoms with Crippen molar-refractivity contribution in [3.8, 4) is 0 Å². The molecule has 0 aliphatic carbocycles. The van der Waals surface area contributed by atoms with E-state index in [-0.39, 0.29) is 11.8 Å². The number of anilines is 1. The van der Waals surface area contributed by atoms with E-state index in [1.165, 1.54) is 0 Å². The van der Waals surface area contributed by atoms with E-state index in [1.807, 2.05) is 13.0 Å². The normalized spacial score (nSPS) is 20.7. The molecule has 0 bridgehead atoms. The van der Waals surface area contributed by atoms with Crippen molar-refractivity contribution in [3.05, 3.63) is 23.4 Å². The Labute approximate surface area is 95.3 Å². The highest BCUT2D eigenvalue weighted by molar-refractivity contribution is 6.04. The number of rotatable bonds is 2. The largest absolute Gasteiger partial charge is 0.383 e. The maximum Gasteiger partial charge on any atom is 0.183 e. The summed E-state index contributed by atoms with van der Waals surface area (Å²) in [4.78, 5) is 16.2. The Bertz CT molecular complexity index is 377. The van der Waals surface area contributed by atoms with Crippen LogP contribution in [0, 0.1) is 6.92 Å². The summed E-state index contributed by atoms with van der Waals surface area (Å²) in [6.45, 7) is 2.81. The van der Waals surface area contributed by atoms with Crippen LogP contribution in [0.25, 0.3) is 0 Å². The van der Waals surface area contributed by atoms with E-state index < -0.39 is 0 Å². The fourth-order valence-corrected chi connectivity index (χ4v) is 2.15. The van der Waals surface area contributed by atoms with Gasteiger partial charge in [0, 0.05) is 6.20 Å². The maximum atomic E-state index is 12.3. The minimum absolute atomic E-state index is 0.0843. The molecule has 2 heterocycles.